The van der Waals surface area contributed by atoms with Gasteiger partial charge in [0.05, 0.1) is 5.39 Å². The van der Waals surface area contributed by atoms with E-state index < -0.39 is 6.04 Å². The van der Waals surface area contributed by atoms with Crippen LogP contribution in [0.2, 0.25) is 0 Å². The first-order valence-electron chi connectivity index (χ1n) is 6.21. The highest BCUT2D eigenvalue weighted by molar-refractivity contribution is 7.71. The minimum Gasteiger partial charge on any atom is -0.347 e. The molecule has 0 aliphatic heterocycles. The quantitative estimate of drug-likeness (QED) is 0.866. The molecular formula is C13H17N3O2S2. The van der Waals surface area contributed by atoms with Gasteiger partial charge in [0.25, 0.3) is 5.56 Å². The van der Waals surface area contributed by atoms with E-state index in [1.807, 2.05) is 13.8 Å². The van der Waals surface area contributed by atoms with Gasteiger partial charge in [-0.1, -0.05) is 0 Å². The summed E-state index contributed by atoms with van der Waals surface area (Å²) in [7, 11) is 3.32. The van der Waals surface area contributed by atoms with E-state index in [2.05, 4.69) is 4.98 Å². The number of nitrogens with one attached hydrogen (secondary N) is 1. The van der Waals surface area contributed by atoms with Gasteiger partial charge in [-0.05, 0) is 38.6 Å². The second-order valence-electron chi connectivity index (χ2n) is 5.00. The van der Waals surface area contributed by atoms with Crippen LogP contribution < -0.4 is 5.56 Å². The Morgan fingerprint density at radius 1 is 1.40 bits per heavy atom. The van der Waals surface area contributed by atoms with Crippen LogP contribution >= 0.6 is 23.6 Å². The van der Waals surface area contributed by atoms with Crippen LogP contribution in [0.15, 0.2) is 4.79 Å². The average Bonchev–Trinajstić information content (AvgIpc) is 2.63. The Balaban J connectivity index is 2.78. The molecule has 0 bridgehead atoms. The maximum absolute atomic E-state index is 12.7. The molecule has 0 saturated carbocycles. The number of carbonyl (C=O) groups excluding carboxylic acids is 1. The number of hydrogen-bond donors (Lipinski definition) is 1. The summed E-state index contributed by atoms with van der Waals surface area (Å²) in [5.41, 5.74) is 0.743. The number of amides is 1. The Morgan fingerprint density at radius 3 is 2.55 bits per heavy atom. The Hall–Kier alpha value is -1.47. The van der Waals surface area contributed by atoms with Crippen molar-refractivity contribution in [2.24, 2.45) is 0 Å². The summed E-state index contributed by atoms with van der Waals surface area (Å²) in [4.78, 5) is 31.1. The van der Waals surface area contributed by atoms with Crippen LogP contribution in [0, 0.1) is 18.6 Å². The normalized spacial score (nSPS) is 12.7. The molecule has 2 heterocycles. The molecule has 0 radical (unpaired) electrons. The molecule has 5 nitrogen and oxygen atoms in total. The lowest BCUT2D eigenvalue weighted by Crippen LogP contribution is -2.36. The molecule has 0 aromatic carbocycles. The highest BCUT2D eigenvalue weighted by Gasteiger charge is 2.22. The van der Waals surface area contributed by atoms with Gasteiger partial charge in [-0.25, -0.2) is 0 Å². The van der Waals surface area contributed by atoms with Crippen molar-refractivity contribution >= 4 is 39.7 Å². The molecule has 2 rings (SSSR count). The number of aromatic amines is 1. The third kappa shape index (κ3) is 2.20. The molecule has 2 aromatic rings. The lowest BCUT2D eigenvalue weighted by molar-refractivity contribution is -0.131. The molecule has 7 heteroatoms. The standard InChI is InChI=1S/C13H17N3O2S2/c1-6-8(3)20-10-9(6)12(18)16(13(19)14-10)7(2)11(17)15(4)5/h7H,1-5H3,(H,14,19). The predicted octanol–water partition coefficient (Wildman–Crippen LogP) is 2.39. The average molecular weight is 311 g/mol. The second-order valence-corrected chi connectivity index (χ2v) is 6.61. The first-order valence-corrected chi connectivity index (χ1v) is 7.43. The maximum atomic E-state index is 12.7. The summed E-state index contributed by atoms with van der Waals surface area (Å²) < 4.78 is 1.64. The predicted molar refractivity (Wildman–Crippen MR) is 84.1 cm³/mol. The van der Waals surface area contributed by atoms with E-state index in [-0.39, 0.29) is 16.2 Å². The number of fused-ring (bicyclic) bond motifs is 1. The van der Waals surface area contributed by atoms with Gasteiger partial charge in [0.15, 0.2) is 4.77 Å². The molecule has 0 fully saturated rings. The van der Waals surface area contributed by atoms with Crippen molar-refractivity contribution in [2.45, 2.75) is 26.8 Å². The van der Waals surface area contributed by atoms with E-state index in [1.54, 1.807) is 21.0 Å². The molecule has 2 aromatic heterocycles. The molecule has 108 valence electrons. The summed E-state index contributed by atoms with van der Waals surface area (Å²) in [5.74, 6) is -0.157. The van der Waals surface area contributed by atoms with Gasteiger partial charge in [-0.2, -0.15) is 0 Å². The Bertz CT molecular complexity index is 798. The molecular weight excluding hydrogens is 294 g/mol. The molecule has 20 heavy (non-hydrogen) atoms. The van der Waals surface area contributed by atoms with Crippen molar-refractivity contribution in [3.05, 3.63) is 25.6 Å². The van der Waals surface area contributed by atoms with Crippen LogP contribution in [0.1, 0.15) is 23.4 Å². The van der Waals surface area contributed by atoms with Crippen molar-refractivity contribution in [1.29, 1.82) is 0 Å². The van der Waals surface area contributed by atoms with Crippen molar-refractivity contribution < 1.29 is 4.79 Å². The lowest BCUT2D eigenvalue weighted by Gasteiger charge is -2.19. The number of aryl methyl sites for hydroxylation is 2. The van der Waals surface area contributed by atoms with Gasteiger partial charge in [0.2, 0.25) is 5.91 Å². The summed E-state index contributed by atoms with van der Waals surface area (Å²) in [6.07, 6.45) is 0. The molecule has 1 N–H and O–H groups in total. The summed E-state index contributed by atoms with van der Waals surface area (Å²) in [6, 6.07) is -0.620. The minimum atomic E-state index is -0.620. The molecule has 0 saturated heterocycles. The number of carbonyl (C=O) groups is 1. The number of H-pyrrole nitrogens is 1. The fourth-order valence-corrected chi connectivity index (χ4v) is 3.64. The summed E-state index contributed by atoms with van der Waals surface area (Å²) in [5, 5.41) is 0.625. The van der Waals surface area contributed by atoms with Gasteiger partial charge in [-0.15, -0.1) is 11.3 Å². The SMILES string of the molecule is Cc1sc2[nH]c(=S)n(C(C)C(=O)N(C)C)c(=O)c2c1C. The van der Waals surface area contributed by atoms with Crippen molar-refractivity contribution in [3.63, 3.8) is 0 Å². The fourth-order valence-electron chi connectivity index (χ4n) is 2.18. The second kappa shape index (κ2) is 5.14. The minimum absolute atomic E-state index is 0.157. The highest BCUT2D eigenvalue weighted by Crippen LogP contribution is 2.26. The number of rotatable bonds is 2. The zero-order valence-corrected chi connectivity index (χ0v) is 13.7. The van der Waals surface area contributed by atoms with Crippen LogP contribution in [0.5, 0.6) is 0 Å². The van der Waals surface area contributed by atoms with Gasteiger partial charge in [0.1, 0.15) is 10.9 Å². The van der Waals surface area contributed by atoms with E-state index in [0.717, 1.165) is 15.3 Å². The molecule has 1 amide bonds. The van der Waals surface area contributed by atoms with Gasteiger partial charge >= 0.3 is 0 Å². The lowest BCUT2D eigenvalue weighted by atomic mass is 10.2. The molecule has 0 aliphatic rings. The van der Waals surface area contributed by atoms with E-state index in [4.69, 9.17) is 12.2 Å². The number of likely N-dealkylation sites (N-methyl/N-ethyl adjacent to an activating group) is 1. The van der Waals surface area contributed by atoms with Crippen molar-refractivity contribution in [2.75, 3.05) is 14.1 Å². The summed E-state index contributed by atoms with van der Waals surface area (Å²) in [6.45, 7) is 5.57. The molecule has 1 atom stereocenters. The van der Waals surface area contributed by atoms with Crippen LogP contribution in [0.25, 0.3) is 10.2 Å². The van der Waals surface area contributed by atoms with Crippen LogP contribution in [0.3, 0.4) is 0 Å². The van der Waals surface area contributed by atoms with Crippen molar-refractivity contribution in [1.82, 2.24) is 14.5 Å². The summed E-state index contributed by atoms with van der Waals surface area (Å²) >= 11 is 6.76. The number of thiophene rings is 1. The number of hydrogen-bond acceptors (Lipinski definition) is 4. The monoisotopic (exact) mass is 311 g/mol. The zero-order valence-electron chi connectivity index (χ0n) is 12.1. The number of aromatic nitrogens is 2. The van der Waals surface area contributed by atoms with Crippen molar-refractivity contribution in [3.8, 4) is 0 Å². The van der Waals surface area contributed by atoms with Crippen LogP contribution in [-0.2, 0) is 4.79 Å². The zero-order chi connectivity index (χ0) is 15.2. The Labute approximate surface area is 125 Å². The van der Waals surface area contributed by atoms with E-state index in [9.17, 15) is 9.59 Å². The van der Waals surface area contributed by atoms with Gasteiger partial charge in [0, 0.05) is 19.0 Å². The van der Waals surface area contributed by atoms with E-state index in [1.165, 1.54) is 20.8 Å². The molecule has 0 spiro atoms. The smallest absolute Gasteiger partial charge is 0.264 e. The Kier molecular flexibility index (Phi) is 3.84. The largest absolute Gasteiger partial charge is 0.347 e. The van der Waals surface area contributed by atoms with E-state index >= 15 is 0 Å². The third-order valence-corrected chi connectivity index (χ3v) is 4.86. The fraction of sp³-hybridized carbons (Fsp3) is 0.462. The maximum Gasteiger partial charge on any atom is 0.264 e. The molecule has 1 unspecified atom stereocenters. The molecule has 0 aliphatic carbocycles. The van der Waals surface area contributed by atoms with E-state index in [0.29, 0.717) is 5.39 Å². The first-order chi connectivity index (χ1) is 9.25. The third-order valence-electron chi connectivity index (χ3n) is 3.44. The number of nitrogens with zero attached hydrogens (tertiary/aromatic N) is 2. The highest BCUT2D eigenvalue weighted by atomic mass is 32.1. The first kappa shape index (κ1) is 14.9. The van der Waals surface area contributed by atoms with Crippen LogP contribution in [0.4, 0.5) is 0 Å². The van der Waals surface area contributed by atoms with Gasteiger partial charge < -0.3 is 9.88 Å². The van der Waals surface area contributed by atoms with Crippen LogP contribution in [-0.4, -0.2) is 34.5 Å². The topological polar surface area (TPSA) is 58.1 Å². The van der Waals surface area contributed by atoms with Gasteiger partial charge in [-0.3, -0.25) is 14.2 Å². The Morgan fingerprint density at radius 2 is 2.00 bits per heavy atom.